The van der Waals surface area contributed by atoms with Crippen LogP contribution in [0.4, 0.5) is 0 Å². The molecule has 1 aliphatic rings. The van der Waals surface area contributed by atoms with Crippen LogP contribution in [0.15, 0.2) is 77.7 Å². The summed E-state index contributed by atoms with van der Waals surface area (Å²) in [5, 5.41) is 4.50. The summed E-state index contributed by atoms with van der Waals surface area (Å²) in [5.41, 5.74) is 0.880. The molecule has 166 valence electrons. The SMILES string of the molecule is O=C(Cc1ccccc1)NCC(=O)N1CCN(S(=O)(=O)c2ccc3ccccc3c2)CC1. The zero-order chi connectivity index (χ0) is 22.6. The Morgan fingerprint density at radius 1 is 0.812 bits per heavy atom. The topological polar surface area (TPSA) is 86.8 Å². The molecule has 8 heteroatoms. The van der Waals surface area contributed by atoms with E-state index in [1.165, 1.54) is 4.31 Å². The summed E-state index contributed by atoms with van der Waals surface area (Å²) in [6, 6.07) is 22.0. The van der Waals surface area contributed by atoms with Gasteiger partial charge in [-0.05, 0) is 28.5 Å². The average Bonchev–Trinajstić information content (AvgIpc) is 2.83. The van der Waals surface area contributed by atoms with Gasteiger partial charge in [0, 0.05) is 26.2 Å². The molecular weight excluding hydrogens is 426 g/mol. The first kappa shape index (κ1) is 22.0. The molecular formula is C24H25N3O4S. The highest BCUT2D eigenvalue weighted by atomic mass is 32.2. The van der Waals surface area contributed by atoms with Crippen molar-refractivity contribution < 1.29 is 18.0 Å². The van der Waals surface area contributed by atoms with Crippen molar-refractivity contribution in [2.24, 2.45) is 0 Å². The van der Waals surface area contributed by atoms with Crippen LogP contribution in [0.3, 0.4) is 0 Å². The van der Waals surface area contributed by atoms with Crippen molar-refractivity contribution >= 4 is 32.6 Å². The molecule has 2 amide bonds. The van der Waals surface area contributed by atoms with Gasteiger partial charge in [-0.3, -0.25) is 9.59 Å². The summed E-state index contributed by atoms with van der Waals surface area (Å²) in [4.78, 5) is 26.4. The number of fused-ring (bicyclic) bond motifs is 1. The van der Waals surface area contributed by atoms with Gasteiger partial charge in [0.25, 0.3) is 0 Å². The lowest BCUT2D eigenvalue weighted by atomic mass is 10.1. The van der Waals surface area contributed by atoms with Crippen LogP contribution in [-0.4, -0.2) is 62.2 Å². The highest BCUT2D eigenvalue weighted by molar-refractivity contribution is 7.89. The van der Waals surface area contributed by atoms with Gasteiger partial charge in [-0.15, -0.1) is 0 Å². The minimum atomic E-state index is -3.64. The number of piperazine rings is 1. The number of carbonyl (C=O) groups excluding carboxylic acids is 2. The van der Waals surface area contributed by atoms with Gasteiger partial charge < -0.3 is 10.2 Å². The standard InChI is InChI=1S/C24H25N3O4S/c28-23(16-19-6-2-1-3-7-19)25-18-24(29)26-12-14-27(15-13-26)32(30,31)22-11-10-20-8-4-5-9-21(20)17-22/h1-11,17H,12-16,18H2,(H,25,28). The number of hydrogen-bond donors (Lipinski definition) is 1. The third-order valence-electron chi connectivity index (χ3n) is 5.59. The zero-order valence-corrected chi connectivity index (χ0v) is 18.4. The summed E-state index contributed by atoms with van der Waals surface area (Å²) in [5.74, 6) is -0.434. The second-order valence-electron chi connectivity index (χ2n) is 7.73. The van der Waals surface area contributed by atoms with Crippen molar-refractivity contribution in [3.63, 3.8) is 0 Å². The van der Waals surface area contributed by atoms with Gasteiger partial charge in [-0.1, -0.05) is 60.7 Å². The van der Waals surface area contributed by atoms with Crippen molar-refractivity contribution in [3.8, 4) is 0 Å². The van der Waals surface area contributed by atoms with Gasteiger partial charge in [0.2, 0.25) is 21.8 Å². The fraction of sp³-hybridized carbons (Fsp3) is 0.250. The molecule has 7 nitrogen and oxygen atoms in total. The molecule has 0 aromatic heterocycles. The molecule has 0 bridgehead atoms. The van der Waals surface area contributed by atoms with E-state index in [0.29, 0.717) is 13.1 Å². The number of benzene rings is 3. The van der Waals surface area contributed by atoms with Gasteiger partial charge in [0.15, 0.2) is 0 Å². The van der Waals surface area contributed by atoms with Crippen molar-refractivity contribution in [2.75, 3.05) is 32.7 Å². The lowest BCUT2D eigenvalue weighted by Gasteiger charge is -2.34. The van der Waals surface area contributed by atoms with E-state index in [2.05, 4.69) is 5.32 Å². The summed E-state index contributed by atoms with van der Waals surface area (Å²) in [7, 11) is -3.64. The number of amides is 2. The van der Waals surface area contributed by atoms with Crippen LogP contribution in [0.5, 0.6) is 0 Å². The van der Waals surface area contributed by atoms with Gasteiger partial charge in [0.05, 0.1) is 17.9 Å². The molecule has 1 saturated heterocycles. The van der Waals surface area contributed by atoms with Crippen LogP contribution in [-0.2, 0) is 26.0 Å². The lowest BCUT2D eigenvalue weighted by molar-refractivity contribution is -0.133. The Labute approximate surface area is 187 Å². The van der Waals surface area contributed by atoms with Crippen molar-refractivity contribution in [1.82, 2.24) is 14.5 Å². The van der Waals surface area contributed by atoms with Crippen LogP contribution in [0, 0.1) is 0 Å². The normalized spacial score (nSPS) is 14.9. The highest BCUT2D eigenvalue weighted by Gasteiger charge is 2.30. The molecule has 0 saturated carbocycles. The van der Waals surface area contributed by atoms with Crippen LogP contribution >= 0.6 is 0 Å². The molecule has 1 heterocycles. The third kappa shape index (κ3) is 4.98. The predicted octanol–water partition coefficient (Wildman–Crippen LogP) is 2.03. The first-order chi connectivity index (χ1) is 15.4. The van der Waals surface area contributed by atoms with Crippen molar-refractivity contribution in [3.05, 3.63) is 78.4 Å². The lowest BCUT2D eigenvalue weighted by Crippen LogP contribution is -2.52. The third-order valence-corrected chi connectivity index (χ3v) is 7.49. The Morgan fingerprint density at radius 2 is 1.47 bits per heavy atom. The van der Waals surface area contributed by atoms with E-state index in [4.69, 9.17) is 0 Å². The van der Waals surface area contributed by atoms with Gasteiger partial charge in [-0.25, -0.2) is 8.42 Å². The van der Waals surface area contributed by atoms with Gasteiger partial charge in [0.1, 0.15) is 0 Å². The number of nitrogens with zero attached hydrogens (tertiary/aromatic N) is 2. The van der Waals surface area contributed by atoms with Crippen LogP contribution in [0.2, 0.25) is 0 Å². The number of sulfonamides is 1. The Balaban J connectivity index is 1.30. The van der Waals surface area contributed by atoms with E-state index < -0.39 is 10.0 Å². The summed E-state index contributed by atoms with van der Waals surface area (Å²) in [6.07, 6.45) is 0.214. The zero-order valence-electron chi connectivity index (χ0n) is 17.6. The van der Waals surface area contributed by atoms with E-state index in [9.17, 15) is 18.0 Å². The molecule has 3 aromatic carbocycles. The van der Waals surface area contributed by atoms with E-state index >= 15 is 0 Å². The minimum Gasteiger partial charge on any atom is -0.347 e. The van der Waals surface area contributed by atoms with Crippen LogP contribution in [0.1, 0.15) is 5.56 Å². The van der Waals surface area contributed by atoms with E-state index in [0.717, 1.165) is 16.3 Å². The molecule has 0 spiro atoms. The summed E-state index contributed by atoms with van der Waals surface area (Å²) >= 11 is 0. The monoisotopic (exact) mass is 451 g/mol. The molecule has 0 atom stereocenters. The second-order valence-corrected chi connectivity index (χ2v) is 9.67. The first-order valence-electron chi connectivity index (χ1n) is 10.5. The van der Waals surface area contributed by atoms with Gasteiger partial charge >= 0.3 is 0 Å². The largest absolute Gasteiger partial charge is 0.347 e. The molecule has 1 N–H and O–H groups in total. The second kappa shape index (κ2) is 9.50. The van der Waals surface area contributed by atoms with Crippen LogP contribution in [0.25, 0.3) is 10.8 Å². The highest BCUT2D eigenvalue weighted by Crippen LogP contribution is 2.22. The quantitative estimate of drug-likeness (QED) is 0.621. The Bertz CT molecular complexity index is 1220. The number of nitrogens with one attached hydrogen (secondary N) is 1. The Morgan fingerprint density at radius 3 is 2.19 bits per heavy atom. The molecule has 32 heavy (non-hydrogen) atoms. The minimum absolute atomic E-state index is 0.0942. The van der Waals surface area contributed by atoms with Gasteiger partial charge in [-0.2, -0.15) is 4.31 Å². The Kier molecular flexibility index (Phi) is 6.53. The number of carbonyl (C=O) groups is 2. The maximum atomic E-state index is 13.1. The van der Waals surface area contributed by atoms with Crippen molar-refractivity contribution in [1.29, 1.82) is 0 Å². The summed E-state index contributed by atoms with van der Waals surface area (Å²) in [6.45, 7) is 0.932. The molecule has 0 aliphatic carbocycles. The maximum Gasteiger partial charge on any atom is 0.243 e. The summed E-state index contributed by atoms with van der Waals surface area (Å²) < 4.78 is 27.5. The van der Waals surface area contributed by atoms with E-state index in [-0.39, 0.29) is 42.8 Å². The average molecular weight is 452 g/mol. The fourth-order valence-corrected chi connectivity index (χ4v) is 5.24. The molecule has 0 unspecified atom stereocenters. The fourth-order valence-electron chi connectivity index (χ4n) is 3.78. The molecule has 3 aromatic rings. The van der Waals surface area contributed by atoms with E-state index in [1.807, 2.05) is 54.6 Å². The molecule has 1 aliphatic heterocycles. The predicted molar refractivity (Wildman–Crippen MR) is 122 cm³/mol. The van der Waals surface area contributed by atoms with Crippen LogP contribution < -0.4 is 5.32 Å². The van der Waals surface area contributed by atoms with E-state index in [1.54, 1.807) is 23.1 Å². The molecule has 4 rings (SSSR count). The molecule has 1 fully saturated rings. The molecule has 0 radical (unpaired) electrons. The number of rotatable bonds is 6. The van der Waals surface area contributed by atoms with Crippen molar-refractivity contribution in [2.45, 2.75) is 11.3 Å². The Hall–Kier alpha value is -3.23. The smallest absolute Gasteiger partial charge is 0.243 e. The first-order valence-corrected chi connectivity index (χ1v) is 11.9. The number of hydrogen-bond acceptors (Lipinski definition) is 4. The maximum absolute atomic E-state index is 13.1.